The van der Waals surface area contributed by atoms with Crippen molar-refractivity contribution in [3.8, 4) is 5.75 Å². The molecule has 0 amide bonds. The van der Waals surface area contributed by atoms with Crippen LogP contribution in [0.1, 0.15) is 5.56 Å². The third-order valence-electron chi connectivity index (χ3n) is 1.86. The van der Waals surface area contributed by atoms with E-state index in [1.165, 1.54) is 6.07 Å². The number of carboxylic acid groups (broad SMARTS) is 1. The van der Waals surface area contributed by atoms with E-state index in [0.29, 0.717) is 12.0 Å². The van der Waals surface area contributed by atoms with Crippen LogP contribution >= 0.6 is 0 Å². The number of hydrogen-bond acceptors (Lipinski definition) is 3. The van der Waals surface area contributed by atoms with Crippen molar-refractivity contribution < 1.29 is 15.0 Å². The summed E-state index contributed by atoms with van der Waals surface area (Å²) in [5.41, 5.74) is 0.699. The summed E-state index contributed by atoms with van der Waals surface area (Å²) in [5, 5.41) is 20.4. The quantitative estimate of drug-likeness (QED) is 0.639. The molecule has 0 aliphatic rings. The summed E-state index contributed by atoms with van der Waals surface area (Å²) in [5.74, 6) is -0.904. The predicted octanol–water partition coefficient (Wildman–Crippen LogP) is 0.208. The second kappa shape index (κ2) is 4.49. The van der Waals surface area contributed by atoms with E-state index in [9.17, 15) is 4.79 Å². The standard InChI is InChI=1S/C10H11NO3/c1-11-9(10(13)14)6-7-2-4-8(12)5-3-7/h2,4,9,11-12H,6H2,1H3,(H,13,14). The molecule has 0 saturated carbocycles. The van der Waals surface area contributed by atoms with Crippen molar-refractivity contribution in [3.63, 3.8) is 0 Å². The van der Waals surface area contributed by atoms with Crippen molar-refractivity contribution >= 4 is 5.97 Å². The third kappa shape index (κ3) is 2.64. The zero-order valence-corrected chi connectivity index (χ0v) is 7.74. The van der Waals surface area contributed by atoms with Crippen LogP contribution in [-0.2, 0) is 11.2 Å². The van der Waals surface area contributed by atoms with Crippen molar-refractivity contribution in [1.82, 2.24) is 5.32 Å². The first-order chi connectivity index (χ1) is 6.63. The van der Waals surface area contributed by atoms with Crippen LogP contribution in [0.4, 0.5) is 0 Å². The molecule has 0 aliphatic carbocycles. The van der Waals surface area contributed by atoms with Gasteiger partial charge in [-0.3, -0.25) is 4.79 Å². The number of carboxylic acids is 1. The van der Waals surface area contributed by atoms with Crippen LogP contribution in [0.25, 0.3) is 0 Å². The normalized spacial score (nSPS) is 11.8. The molecule has 14 heavy (non-hydrogen) atoms. The van der Waals surface area contributed by atoms with E-state index in [1.54, 1.807) is 13.1 Å². The van der Waals surface area contributed by atoms with Crippen molar-refractivity contribution in [3.05, 3.63) is 29.8 Å². The SMILES string of the molecule is CNC(Cc1c#cc(O)cc1)C(=O)O. The molecule has 0 fully saturated rings. The molecule has 1 aromatic rings. The average Bonchev–Trinajstić information content (AvgIpc) is 2.16. The van der Waals surface area contributed by atoms with Gasteiger partial charge in [-0.05, 0) is 25.2 Å². The lowest BCUT2D eigenvalue weighted by Gasteiger charge is -2.09. The Balaban J connectivity index is 2.67. The van der Waals surface area contributed by atoms with Crippen LogP contribution < -0.4 is 5.32 Å². The first-order valence-electron chi connectivity index (χ1n) is 4.15. The van der Waals surface area contributed by atoms with E-state index in [-0.39, 0.29) is 5.75 Å². The van der Waals surface area contributed by atoms with E-state index >= 15 is 0 Å². The Kier molecular flexibility index (Phi) is 3.32. The summed E-state index contributed by atoms with van der Waals surface area (Å²) in [6.45, 7) is 0. The molecule has 0 radical (unpaired) electrons. The fourth-order valence-corrected chi connectivity index (χ4v) is 1.06. The van der Waals surface area contributed by atoms with Gasteiger partial charge in [-0.25, -0.2) is 0 Å². The van der Waals surface area contributed by atoms with Gasteiger partial charge in [0.15, 0.2) is 5.75 Å². The smallest absolute Gasteiger partial charge is 0.321 e. The summed E-state index contributed by atoms with van der Waals surface area (Å²) in [6, 6.07) is 7.60. The molecule has 1 unspecified atom stereocenters. The number of aliphatic carboxylic acids is 1. The van der Waals surface area contributed by atoms with Crippen LogP contribution in [0.3, 0.4) is 0 Å². The van der Waals surface area contributed by atoms with Crippen molar-refractivity contribution in [2.24, 2.45) is 0 Å². The Morgan fingerprint density at radius 2 is 2.29 bits per heavy atom. The third-order valence-corrected chi connectivity index (χ3v) is 1.86. The van der Waals surface area contributed by atoms with E-state index < -0.39 is 12.0 Å². The number of hydrogen-bond donors (Lipinski definition) is 3. The van der Waals surface area contributed by atoms with Gasteiger partial charge in [0, 0.05) is 12.0 Å². The van der Waals surface area contributed by atoms with Crippen molar-refractivity contribution in [2.75, 3.05) is 7.05 Å². The van der Waals surface area contributed by atoms with E-state index in [4.69, 9.17) is 10.2 Å². The molecule has 0 aliphatic heterocycles. The lowest BCUT2D eigenvalue weighted by molar-refractivity contribution is -0.139. The topological polar surface area (TPSA) is 69.6 Å². The number of carbonyl (C=O) groups is 1. The maximum absolute atomic E-state index is 10.7. The van der Waals surface area contributed by atoms with Crippen LogP contribution in [0.15, 0.2) is 12.1 Å². The van der Waals surface area contributed by atoms with Gasteiger partial charge in [-0.15, -0.1) is 0 Å². The van der Waals surface area contributed by atoms with E-state index in [2.05, 4.69) is 17.4 Å². The molecular formula is C10H11NO3. The molecule has 0 spiro atoms. The summed E-state index contributed by atoms with van der Waals surface area (Å²) in [6.07, 6.45) is 0.322. The van der Waals surface area contributed by atoms with Gasteiger partial charge in [-0.2, -0.15) is 0 Å². The molecule has 1 atom stereocenters. The molecule has 4 nitrogen and oxygen atoms in total. The van der Waals surface area contributed by atoms with Crippen LogP contribution in [0, 0.1) is 12.1 Å². The van der Waals surface area contributed by atoms with Gasteiger partial charge in [0.1, 0.15) is 6.04 Å². The zero-order chi connectivity index (χ0) is 10.6. The molecule has 74 valence electrons. The number of nitrogens with one attached hydrogen (secondary N) is 1. The molecule has 0 heterocycles. The molecule has 4 heteroatoms. The highest BCUT2D eigenvalue weighted by molar-refractivity contribution is 5.73. The minimum absolute atomic E-state index is 0.00471. The Labute approximate surface area is 82.2 Å². The van der Waals surface area contributed by atoms with Gasteiger partial charge in [0.25, 0.3) is 0 Å². The van der Waals surface area contributed by atoms with Crippen LogP contribution in [0.2, 0.25) is 0 Å². The number of likely N-dealkylation sites (N-methyl/N-ethyl adjacent to an activating group) is 1. The average molecular weight is 193 g/mol. The number of rotatable bonds is 4. The Bertz CT molecular complexity index is 308. The van der Waals surface area contributed by atoms with Gasteiger partial charge >= 0.3 is 5.97 Å². The summed E-state index contributed by atoms with van der Waals surface area (Å²) in [7, 11) is 1.59. The maximum Gasteiger partial charge on any atom is 0.321 e. The van der Waals surface area contributed by atoms with E-state index in [0.717, 1.165) is 0 Å². The molecule has 1 rings (SSSR count). The minimum Gasteiger partial charge on any atom is -0.501 e. The molecule has 1 aromatic carbocycles. The molecule has 0 bridgehead atoms. The first kappa shape index (κ1) is 10.4. The fraction of sp³-hybridized carbons (Fsp3) is 0.300. The summed E-state index contributed by atoms with van der Waals surface area (Å²) < 4.78 is 0. The monoisotopic (exact) mass is 193 g/mol. The largest absolute Gasteiger partial charge is 0.501 e. The van der Waals surface area contributed by atoms with Gasteiger partial charge < -0.3 is 15.5 Å². The highest BCUT2D eigenvalue weighted by Gasteiger charge is 2.14. The Morgan fingerprint density at radius 3 is 2.71 bits per heavy atom. The van der Waals surface area contributed by atoms with Crippen molar-refractivity contribution in [2.45, 2.75) is 12.5 Å². The zero-order valence-electron chi connectivity index (χ0n) is 7.74. The van der Waals surface area contributed by atoms with Crippen molar-refractivity contribution in [1.29, 1.82) is 0 Å². The van der Waals surface area contributed by atoms with Crippen LogP contribution in [-0.4, -0.2) is 29.3 Å². The highest BCUT2D eigenvalue weighted by Crippen LogP contribution is 2.05. The lowest BCUT2D eigenvalue weighted by Crippen LogP contribution is -2.35. The summed E-state index contributed by atoms with van der Waals surface area (Å²) in [4.78, 5) is 10.7. The minimum atomic E-state index is -0.908. The van der Waals surface area contributed by atoms with Gasteiger partial charge in [-0.1, -0.05) is 6.07 Å². The Hall–Kier alpha value is -1.73. The molecular weight excluding hydrogens is 182 g/mol. The van der Waals surface area contributed by atoms with E-state index in [1.807, 2.05) is 0 Å². The maximum atomic E-state index is 10.7. The molecule has 0 aromatic heterocycles. The highest BCUT2D eigenvalue weighted by atomic mass is 16.4. The second-order valence-corrected chi connectivity index (χ2v) is 2.88. The Morgan fingerprint density at radius 1 is 1.57 bits per heavy atom. The predicted molar refractivity (Wildman–Crippen MR) is 50.0 cm³/mol. The lowest BCUT2D eigenvalue weighted by atomic mass is 10.1. The van der Waals surface area contributed by atoms with Gasteiger partial charge in [0.05, 0.1) is 0 Å². The first-order valence-corrected chi connectivity index (χ1v) is 4.15. The fourth-order valence-electron chi connectivity index (χ4n) is 1.06. The molecule has 0 saturated heterocycles. The van der Waals surface area contributed by atoms with Gasteiger partial charge in [0.2, 0.25) is 0 Å². The second-order valence-electron chi connectivity index (χ2n) is 2.88. The summed E-state index contributed by atoms with van der Waals surface area (Å²) >= 11 is 0. The van der Waals surface area contributed by atoms with Crippen LogP contribution in [0.5, 0.6) is 5.75 Å². The number of aromatic hydroxyl groups is 1. The molecule has 3 N–H and O–H groups in total.